The van der Waals surface area contributed by atoms with Crippen molar-refractivity contribution in [3.8, 4) is 11.4 Å². The van der Waals surface area contributed by atoms with Crippen molar-refractivity contribution in [1.29, 1.82) is 0 Å². The number of piperidine rings is 2. The van der Waals surface area contributed by atoms with E-state index in [1.807, 2.05) is 59.7 Å². The number of carbonyl (C=O) groups excluding carboxylic acids is 2. The molecule has 448 valence electrons. The van der Waals surface area contributed by atoms with Gasteiger partial charge in [-0.15, -0.1) is 0 Å². The molecule has 83 heavy (non-hydrogen) atoms. The molecule has 0 aromatic carbocycles. The molecule has 10 rings (SSSR count). The molecule has 0 atom stereocenters. The summed E-state index contributed by atoms with van der Waals surface area (Å²) in [4.78, 5) is 73.4. The molecule has 2 saturated heterocycles. The second-order valence-corrected chi connectivity index (χ2v) is 37.2. The van der Waals surface area contributed by atoms with Gasteiger partial charge in [0, 0.05) is 92.4 Å². The third-order valence-corrected chi connectivity index (χ3v) is 17.7. The minimum absolute atomic E-state index is 0.0714. The molecule has 0 unspecified atom stereocenters. The van der Waals surface area contributed by atoms with E-state index in [1.54, 1.807) is 73.7 Å². The molecular formula is C58H79ClF2N12O8Si2. The first-order valence-electron chi connectivity index (χ1n) is 28.2. The van der Waals surface area contributed by atoms with E-state index in [2.05, 4.69) is 54.2 Å². The number of halogens is 3. The van der Waals surface area contributed by atoms with Gasteiger partial charge < -0.3 is 33.1 Å². The van der Waals surface area contributed by atoms with Crippen molar-refractivity contribution in [2.45, 2.75) is 155 Å². The zero-order valence-electron chi connectivity index (χ0n) is 49.8. The fourth-order valence-electron chi connectivity index (χ4n) is 9.70. The van der Waals surface area contributed by atoms with Crippen LogP contribution in [0.2, 0.25) is 56.5 Å². The van der Waals surface area contributed by atoms with Crippen LogP contribution >= 0.6 is 11.6 Å². The van der Waals surface area contributed by atoms with Crippen LogP contribution in [-0.4, -0.2) is 136 Å². The number of nitrogens with zero attached hydrogens (tertiary/aromatic N) is 12. The Bertz CT molecular complexity index is 3680. The smallest absolute Gasteiger partial charge is 0.410 e. The van der Waals surface area contributed by atoms with Crippen LogP contribution in [0.15, 0.2) is 89.1 Å². The summed E-state index contributed by atoms with van der Waals surface area (Å²) < 4.78 is 59.4. The molecule has 8 aromatic heterocycles. The number of amides is 2. The summed E-state index contributed by atoms with van der Waals surface area (Å²) in [6.07, 6.45) is 9.55. The van der Waals surface area contributed by atoms with Crippen molar-refractivity contribution >= 4 is 73.6 Å². The maximum Gasteiger partial charge on any atom is 0.410 e. The van der Waals surface area contributed by atoms with Crippen LogP contribution < -0.4 is 11.4 Å². The number of ether oxygens (including phenoxy) is 4. The fraction of sp³-hybridized carbons (Fsp3) is 0.517. The van der Waals surface area contributed by atoms with Gasteiger partial charge in [-0.2, -0.15) is 0 Å². The number of aromatic nitrogens is 10. The Morgan fingerprint density at radius 2 is 1.10 bits per heavy atom. The van der Waals surface area contributed by atoms with Crippen molar-refractivity contribution < 1.29 is 37.3 Å². The number of imidazole rings is 4. The minimum Gasteiger partial charge on any atom is -0.444 e. The van der Waals surface area contributed by atoms with Crippen LogP contribution in [0.1, 0.15) is 79.3 Å². The maximum atomic E-state index is 14.1. The van der Waals surface area contributed by atoms with Crippen molar-refractivity contribution in [2.24, 2.45) is 0 Å². The average Bonchev–Trinajstić information content (AvgIpc) is 2.19. The molecule has 0 bridgehead atoms. The summed E-state index contributed by atoms with van der Waals surface area (Å²) in [5.74, 6) is -0.626. The molecule has 25 heteroatoms. The summed E-state index contributed by atoms with van der Waals surface area (Å²) in [6, 6.07) is 15.0. The zero-order chi connectivity index (χ0) is 60.2. The van der Waals surface area contributed by atoms with Gasteiger partial charge in [-0.1, -0.05) is 50.9 Å². The van der Waals surface area contributed by atoms with Crippen LogP contribution in [0.5, 0.6) is 0 Å². The van der Waals surface area contributed by atoms with Gasteiger partial charge in [0.05, 0.1) is 28.6 Å². The molecule has 20 nitrogen and oxygen atoms in total. The van der Waals surface area contributed by atoms with Gasteiger partial charge in [-0.25, -0.2) is 47.9 Å². The Morgan fingerprint density at radius 1 is 0.627 bits per heavy atom. The lowest BCUT2D eigenvalue weighted by Crippen LogP contribution is -2.43. The predicted molar refractivity (Wildman–Crippen MR) is 323 cm³/mol. The molecule has 0 saturated carbocycles. The standard InChI is InChI=1S/C29H39FN6O4Si.C22H35ClN4O4Si.C7H5FN2/c1-29(2,3)40-28(38)33-13-11-21(12-14-33)36-26-23(35(27(36)37)19-39-15-16-41(4,5)6)9-8-22(32-26)24-17-31-25-10-7-20(30)18-34(24)25;1-22(2,3)31-21(29)25-11-9-16(10-12-25)27-19-17(7-8-18(23)24-19)26(20(27)28)15-30-13-14-32(4,5)6;8-6-1-2-7-9-3-4-10(7)5-6/h7-10,17-18,21H,11-16,19H2,1-6H3;7-8,16H,9-15H2,1-6H3;1-5H. The third kappa shape index (κ3) is 16.1. The highest BCUT2D eigenvalue weighted by Crippen LogP contribution is 2.30. The quantitative estimate of drug-likeness (QED) is 0.0604. The molecule has 2 fully saturated rings. The number of carbonyl (C=O) groups is 2. The van der Waals surface area contributed by atoms with E-state index in [4.69, 9.17) is 35.5 Å². The zero-order valence-corrected chi connectivity index (χ0v) is 52.6. The molecule has 0 aliphatic carbocycles. The van der Waals surface area contributed by atoms with E-state index in [9.17, 15) is 28.0 Å². The maximum absolute atomic E-state index is 14.1. The topological polar surface area (TPSA) is 192 Å². The number of pyridine rings is 4. The SMILES string of the molecule is CC(C)(C)OC(=O)N1CCC(n2c(=O)n(COCC[Si](C)(C)C)c3ccc(-c4cnc5ccc(F)cn45)nc32)CC1.CC(C)(C)OC(=O)N1CCC(n2c(=O)n(COCC[Si](C)(C)C)c3ccc(Cl)nc32)CC1.Fc1ccc2nccn2c1. The summed E-state index contributed by atoms with van der Waals surface area (Å²) in [5.41, 5.74) is 3.58. The van der Waals surface area contributed by atoms with Gasteiger partial charge in [-0.3, -0.25) is 22.7 Å². The van der Waals surface area contributed by atoms with Gasteiger partial charge in [0.15, 0.2) is 11.3 Å². The van der Waals surface area contributed by atoms with Gasteiger partial charge in [0.1, 0.15) is 52.7 Å². The van der Waals surface area contributed by atoms with E-state index in [1.165, 1.54) is 24.5 Å². The first-order valence-corrected chi connectivity index (χ1v) is 36.0. The van der Waals surface area contributed by atoms with Crippen LogP contribution in [0.25, 0.3) is 45.0 Å². The Labute approximate surface area is 488 Å². The molecule has 0 spiro atoms. The highest BCUT2D eigenvalue weighted by molar-refractivity contribution is 6.76. The van der Waals surface area contributed by atoms with E-state index >= 15 is 0 Å². The van der Waals surface area contributed by atoms with Crippen LogP contribution in [-0.2, 0) is 32.4 Å². The summed E-state index contributed by atoms with van der Waals surface area (Å²) in [5, 5.41) is 0.342. The summed E-state index contributed by atoms with van der Waals surface area (Å²) >= 11 is 6.16. The van der Waals surface area contributed by atoms with E-state index in [-0.39, 0.29) is 60.7 Å². The van der Waals surface area contributed by atoms with Crippen molar-refractivity contribution in [1.82, 2.24) is 56.8 Å². The normalized spacial score (nSPS) is 15.0. The molecule has 2 amide bonds. The highest BCUT2D eigenvalue weighted by atomic mass is 35.5. The lowest BCUT2D eigenvalue weighted by molar-refractivity contribution is 0.0177. The van der Waals surface area contributed by atoms with Gasteiger partial charge in [-0.05, 0) is 128 Å². The van der Waals surface area contributed by atoms with Gasteiger partial charge >= 0.3 is 23.6 Å². The number of rotatable bonds is 13. The minimum atomic E-state index is -1.29. The number of likely N-dealkylation sites (tertiary alicyclic amines) is 2. The third-order valence-electron chi connectivity index (χ3n) is 14.1. The van der Waals surface area contributed by atoms with Crippen molar-refractivity contribution in [3.63, 3.8) is 0 Å². The highest BCUT2D eigenvalue weighted by Gasteiger charge is 2.33. The van der Waals surface area contributed by atoms with Crippen LogP contribution in [0.4, 0.5) is 18.4 Å². The van der Waals surface area contributed by atoms with E-state index in [0.717, 1.165) is 17.7 Å². The van der Waals surface area contributed by atoms with Gasteiger partial charge in [0.25, 0.3) is 0 Å². The summed E-state index contributed by atoms with van der Waals surface area (Å²) in [7, 11) is -2.50. The van der Waals surface area contributed by atoms with Crippen LogP contribution in [0.3, 0.4) is 0 Å². The predicted octanol–water partition coefficient (Wildman–Crippen LogP) is 11.7. The van der Waals surface area contributed by atoms with Crippen LogP contribution in [0, 0.1) is 11.6 Å². The van der Waals surface area contributed by atoms with E-state index < -0.39 is 27.3 Å². The number of hydrogen-bond acceptors (Lipinski definition) is 12. The average molecular weight is 1200 g/mol. The summed E-state index contributed by atoms with van der Waals surface area (Å²) in [6.45, 7) is 28.4. The molecule has 2 aliphatic heterocycles. The first kappa shape index (κ1) is 62.3. The molecule has 10 heterocycles. The van der Waals surface area contributed by atoms with E-state index in [0.29, 0.717) is 110 Å². The lowest BCUT2D eigenvalue weighted by Gasteiger charge is -2.33. The Hall–Kier alpha value is -6.74. The fourth-order valence-corrected chi connectivity index (χ4v) is 11.4. The molecular weight excluding hydrogens is 1120 g/mol. The molecule has 0 N–H and O–H groups in total. The Kier molecular flexibility index (Phi) is 19.2. The second-order valence-electron chi connectivity index (χ2n) is 25.5. The van der Waals surface area contributed by atoms with Gasteiger partial charge in [0.2, 0.25) is 0 Å². The molecule has 8 aromatic rings. The molecule has 2 aliphatic rings. The molecule has 0 radical (unpaired) electrons. The van der Waals surface area contributed by atoms with Crippen molar-refractivity contribution in [2.75, 3.05) is 39.4 Å². The number of fused-ring (bicyclic) bond motifs is 4. The lowest BCUT2D eigenvalue weighted by atomic mass is 10.1. The second kappa shape index (κ2) is 25.6. The van der Waals surface area contributed by atoms with Crippen molar-refractivity contribution in [3.05, 3.63) is 117 Å². The Morgan fingerprint density at radius 3 is 1.59 bits per heavy atom. The monoisotopic (exact) mass is 1200 g/mol. The largest absolute Gasteiger partial charge is 0.444 e. The first-order chi connectivity index (χ1) is 39.0. The Balaban J connectivity index is 0.000000189. The number of hydrogen-bond donors (Lipinski definition) is 0.